The Bertz CT molecular complexity index is 221. The summed E-state index contributed by atoms with van der Waals surface area (Å²) in [5, 5.41) is 3.22. The SMILES string of the molecule is CN(CC1CCCO1)C(=O)[C@@H]1CCNC1. The lowest BCUT2D eigenvalue weighted by atomic mass is 10.1. The molecule has 15 heavy (non-hydrogen) atoms. The largest absolute Gasteiger partial charge is 0.376 e. The molecule has 1 unspecified atom stereocenters. The van der Waals surface area contributed by atoms with Gasteiger partial charge in [-0.25, -0.2) is 0 Å². The van der Waals surface area contributed by atoms with Crippen LogP contribution in [0.4, 0.5) is 0 Å². The van der Waals surface area contributed by atoms with E-state index in [4.69, 9.17) is 4.74 Å². The molecule has 1 amide bonds. The minimum Gasteiger partial charge on any atom is -0.376 e. The van der Waals surface area contributed by atoms with E-state index in [1.54, 1.807) is 0 Å². The number of likely N-dealkylation sites (N-methyl/N-ethyl adjacent to an activating group) is 1. The zero-order valence-corrected chi connectivity index (χ0v) is 9.37. The van der Waals surface area contributed by atoms with Crippen molar-refractivity contribution in [3.63, 3.8) is 0 Å². The maximum Gasteiger partial charge on any atom is 0.226 e. The van der Waals surface area contributed by atoms with Crippen molar-refractivity contribution in [1.82, 2.24) is 10.2 Å². The van der Waals surface area contributed by atoms with Gasteiger partial charge >= 0.3 is 0 Å². The van der Waals surface area contributed by atoms with Crippen LogP contribution in [0.3, 0.4) is 0 Å². The van der Waals surface area contributed by atoms with Crippen LogP contribution < -0.4 is 5.32 Å². The van der Waals surface area contributed by atoms with Gasteiger partial charge in [-0.2, -0.15) is 0 Å². The number of hydrogen-bond donors (Lipinski definition) is 1. The number of carbonyl (C=O) groups is 1. The summed E-state index contributed by atoms with van der Waals surface area (Å²) in [5.74, 6) is 0.465. The molecule has 86 valence electrons. The summed E-state index contributed by atoms with van der Waals surface area (Å²) in [4.78, 5) is 13.8. The highest BCUT2D eigenvalue weighted by Gasteiger charge is 2.27. The van der Waals surface area contributed by atoms with Crippen LogP contribution in [0.5, 0.6) is 0 Å². The first-order valence-electron chi connectivity index (χ1n) is 5.84. The fraction of sp³-hybridized carbons (Fsp3) is 0.909. The molecule has 4 nitrogen and oxygen atoms in total. The van der Waals surface area contributed by atoms with Crippen molar-refractivity contribution in [2.24, 2.45) is 5.92 Å². The normalized spacial score (nSPS) is 30.7. The van der Waals surface area contributed by atoms with Gasteiger partial charge in [-0.05, 0) is 25.8 Å². The zero-order valence-electron chi connectivity index (χ0n) is 9.37. The molecule has 2 saturated heterocycles. The monoisotopic (exact) mass is 212 g/mol. The molecule has 1 N–H and O–H groups in total. The molecule has 0 radical (unpaired) electrons. The average molecular weight is 212 g/mol. The molecular weight excluding hydrogens is 192 g/mol. The standard InChI is InChI=1S/C11H20N2O2/c1-13(8-10-3-2-6-15-10)11(14)9-4-5-12-7-9/h9-10,12H,2-8H2,1H3/t9-,10?/m1/s1. The lowest BCUT2D eigenvalue weighted by molar-refractivity contribution is -0.134. The van der Waals surface area contributed by atoms with Crippen molar-refractivity contribution in [3.8, 4) is 0 Å². The van der Waals surface area contributed by atoms with Crippen LogP contribution in [0.25, 0.3) is 0 Å². The predicted octanol–water partition coefficient (Wildman–Crippen LogP) is 0.233. The molecule has 2 aliphatic rings. The fourth-order valence-electron chi connectivity index (χ4n) is 2.36. The average Bonchev–Trinajstić information content (AvgIpc) is 2.88. The van der Waals surface area contributed by atoms with Crippen LogP contribution in [0.15, 0.2) is 0 Å². The minimum atomic E-state index is 0.191. The van der Waals surface area contributed by atoms with Gasteiger partial charge in [0.15, 0.2) is 0 Å². The molecule has 2 aliphatic heterocycles. The summed E-state index contributed by atoms with van der Waals surface area (Å²) in [6, 6.07) is 0. The van der Waals surface area contributed by atoms with Crippen molar-refractivity contribution in [3.05, 3.63) is 0 Å². The summed E-state index contributed by atoms with van der Waals surface area (Å²) < 4.78 is 5.53. The van der Waals surface area contributed by atoms with Crippen LogP contribution in [-0.2, 0) is 9.53 Å². The van der Waals surface area contributed by atoms with E-state index in [2.05, 4.69) is 5.32 Å². The molecule has 2 heterocycles. The summed E-state index contributed by atoms with van der Waals surface area (Å²) in [6.07, 6.45) is 3.49. The van der Waals surface area contributed by atoms with Gasteiger partial charge in [0.1, 0.15) is 0 Å². The first-order valence-corrected chi connectivity index (χ1v) is 5.84. The van der Waals surface area contributed by atoms with Crippen LogP contribution in [0, 0.1) is 5.92 Å². The number of hydrogen-bond acceptors (Lipinski definition) is 3. The highest BCUT2D eigenvalue weighted by molar-refractivity contribution is 5.79. The first kappa shape index (κ1) is 10.9. The van der Waals surface area contributed by atoms with Gasteiger partial charge in [0.25, 0.3) is 0 Å². The van der Waals surface area contributed by atoms with Gasteiger partial charge in [0.2, 0.25) is 5.91 Å². The number of amides is 1. The Labute approximate surface area is 91.0 Å². The van der Waals surface area contributed by atoms with E-state index >= 15 is 0 Å². The van der Waals surface area contributed by atoms with Crippen LogP contribution in [-0.4, -0.2) is 50.2 Å². The molecule has 4 heteroatoms. The fourth-order valence-corrected chi connectivity index (χ4v) is 2.36. The van der Waals surface area contributed by atoms with Crippen molar-refractivity contribution < 1.29 is 9.53 Å². The van der Waals surface area contributed by atoms with Crippen molar-refractivity contribution in [2.75, 3.05) is 33.3 Å². The number of rotatable bonds is 3. The number of nitrogens with one attached hydrogen (secondary N) is 1. The third-order valence-electron chi connectivity index (χ3n) is 3.29. The van der Waals surface area contributed by atoms with Crippen LogP contribution in [0.1, 0.15) is 19.3 Å². The highest BCUT2D eigenvalue weighted by atomic mass is 16.5. The van der Waals surface area contributed by atoms with E-state index in [9.17, 15) is 4.79 Å². The molecule has 0 spiro atoms. The Hall–Kier alpha value is -0.610. The van der Waals surface area contributed by atoms with E-state index < -0.39 is 0 Å². The number of ether oxygens (including phenoxy) is 1. The molecule has 0 saturated carbocycles. The van der Waals surface area contributed by atoms with Gasteiger partial charge in [-0.3, -0.25) is 4.79 Å². The second-order valence-electron chi connectivity index (χ2n) is 4.54. The molecule has 0 aromatic heterocycles. The van der Waals surface area contributed by atoms with Gasteiger partial charge in [0.05, 0.1) is 12.0 Å². The van der Waals surface area contributed by atoms with E-state index in [-0.39, 0.29) is 17.9 Å². The van der Waals surface area contributed by atoms with Crippen molar-refractivity contribution in [2.45, 2.75) is 25.4 Å². The molecule has 0 aromatic rings. The zero-order chi connectivity index (χ0) is 10.7. The van der Waals surface area contributed by atoms with E-state index in [1.807, 2.05) is 11.9 Å². The molecule has 2 fully saturated rings. The Balaban J connectivity index is 1.78. The second-order valence-corrected chi connectivity index (χ2v) is 4.54. The summed E-state index contributed by atoms with van der Waals surface area (Å²) in [7, 11) is 1.89. The Morgan fingerprint density at radius 1 is 1.53 bits per heavy atom. The van der Waals surface area contributed by atoms with Crippen LogP contribution in [0.2, 0.25) is 0 Å². The van der Waals surface area contributed by atoms with Crippen LogP contribution >= 0.6 is 0 Å². The second kappa shape index (κ2) is 4.94. The minimum absolute atomic E-state index is 0.191. The highest BCUT2D eigenvalue weighted by Crippen LogP contribution is 2.15. The molecule has 0 aliphatic carbocycles. The van der Waals surface area contributed by atoms with E-state index in [0.717, 1.165) is 45.5 Å². The Morgan fingerprint density at radius 3 is 3.00 bits per heavy atom. The third-order valence-corrected chi connectivity index (χ3v) is 3.29. The first-order chi connectivity index (χ1) is 7.27. The van der Waals surface area contributed by atoms with Gasteiger partial charge < -0.3 is 15.0 Å². The van der Waals surface area contributed by atoms with Crippen molar-refractivity contribution >= 4 is 5.91 Å². The Morgan fingerprint density at radius 2 is 2.40 bits per heavy atom. The lowest BCUT2D eigenvalue weighted by Crippen LogP contribution is -2.38. The quantitative estimate of drug-likeness (QED) is 0.728. The molecule has 2 rings (SSSR count). The molecule has 2 atom stereocenters. The molecular formula is C11H20N2O2. The number of carbonyl (C=O) groups excluding carboxylic acids is 1. The molecule has 0 aromatic carbocycles. The smallest absolute Gasteiger partial charge is 0.226 e. The topological polar surface area (TPSA) is 41.6 Å². The summed E-state index contributed by atoms with van der Waals surface area (Å²) >= 11 is 0. The van der Waals surface area contributed by atoms with Gasteiger partial charge in [-0.15, -0.1) is 0 Å². The molecule has 0 bridgehead atoms. The lowest BCUT2D eigenvalue weighted by Gasteiger charge is -2.23. The summed E-state index contributed by atoms with van der Waals surface area (Å²) in [6.45, 7) is 3.44. The maximum atomic E-state index is 12.0. The Kier molecular flexibility index (Phi) is 3.59. The predicted molar refractivity (Wildman–Crippen MR) is 57.6 cm³/mol. The third kappa shape index (κ3) is 2.69. The van der Waals surface area contributed by atoms with E-state index in [1.165, 1.54) is 0 Å². The maximum absolute atomic E-state index is 12.0. The van der Waals surface area contributed by atoms with E-state index in [0.29, 0.717) is 0 Å². The summed E-state index contributed by atoms with van der Waals surface area (Å²) in [5.41, 5.74) is 0. The number of nitrogens with zero attached hydrogens (tertiary/aromatic N) is 1. The van der Waals surface area contributed by atoms with Gasteiger partial charge in [-0.1, -0.05) is 0 Å². The van der Waals surface area contributed by atoms with Crippen molar-refractivity contribution in [1.29, 1.82) is 0 Å². The van der Waals surface area contributed by atoms with Gasteiger partial charge in [0, 0.05) is 26.7 Å².